The summed E-state index contributed by atoms with van der Waals surface area (Å²) in [4.78, 5) is 14.9. The zero-order valence-electron chi connectivity index (χ0n) is 9.36. The average molecular weight is 345 g/mol. The van der Waals surface area contributed by atoms with Crippen LogP contribution < -0.4 is 10.4 Å². The first-order chi connectivity index (χ1) is 8.79. The SMILES string of the molecule is O=CC1CC(O)(C(Cl)(Cl)Cl)N(c2ncccc2Cl)N1. The van der Waals surface area contributed by atoms with Crippen molar-refractivity contribution in [2.75, 3.05) is 5.01 Å². The van der Waals surface area contributed by atoms with Gasteiger partial charge in [0.1, 0.15) is 6.29 Å². The molecule has 104 valence electrons. The molecule has 1 aromatic rings. The third-order valence-corrected chi connectivity index (χ3v) is 3.94. The number of nitrogens with one attached hydrogen (secondary N) is 1. The molecule has 0 saturated carbocycles. The molecule has 9 heteroatoms. The van der Waals surface area contributed by atoms with Gasteiger partial charge in [-0.05, 0) is 12.1 Å². The van der Waals surface area contributed by atoms with Gasteiger partial charge in [0.2, 0.25) is 9.52 Å². The van der Waals surface area contributed by atoms with Crippen LogP contribution >= 0.6 is 46.4 Å². The molecule has 2 unspecified atom stereocenters. The predicted molar refractivity (Wildman–Crippen MR) is 74.6 cm³/mol. The van der Waals surface area contributed by atoms with E-state index in [1.54, 1.807) is 12.1 Å². The molecule has 2 N–H and O–H groups in total. The molecule has 1 saturated heterocycles. The Balaban J connectivity index is 2.48. The van der Waals surface area contributed by atoms with Crippen LogP contribution in [0, 0.1) is 0 Å². The normalized spacial score (nSPS) is 27.6. The number of hydrogen-bond acceptors (Lipinski definition) is 5. The summed E-state index contributed by atoms with van der Waals surface area (Å²) in [5.74, 6) is 0.169. The van der Waals surface area contributed by atoms with Crippen LogP contribution in [-0.4, -0.2) is 31.9 Å². The van der Waals surface area contributed by atoms with Gasteiger partial charge in [0.25, 0.3) is 0 Å². The van der Waals surface area contributed by atoms with E-state index in [-0.39, 0.29) is 17.3 Å². The molecule has 0 bridgehead atoms. The van der Waals surface area contributed by atoms with Gasteiger partial charge in [0.15, 0.2) is 5.82 Å². The summed E-state index contributed by atoms with van der Waals surface area (Å²) in [5.41, 5.74) is 0.767. The standard InChI is InChI=1S/C10H9Cl4N3O2/c11-7-2-1-3-15-8(7)17-9(19,10(12,13)14)4-6(5-18)16-17/h1-3,5-6,16,19H,4H2. The molecule has 19 heavy (non-hydrogen) atoms. The molecule has 5 nitrogen and oxygen atoms in total. The lowest BCUT2D eigenvalue weighted by Gasteiger charge is -2.38. The van der Waals surface area contributed by atoms with E-state index in [4.69, 9.17) is 46.4 Å². The predicted octanol–water partition coefficient (Wildman–Crippen LogP) is 2.08. The molecule has 0 aliphatic carbocycles. The molecule has 1 aliphatic heterocycles. The molecule has 0 radical (unpaired) electrons. The summed E-state index contributed by atoms with van der Waals surface area (Å²) in [6.07, 6.45) is 1.97. The summed E-state index contributed by atoms with van der Waals surface area (Å²) in [6, 6.07) is 2.48. The second-order valence-electron chi connectivity index (χ2n) is 4.03. The molecule has 0 aromatic carbocycles. The van der Waals surface area contributed by atoms with E-state index in [0.29, 0.717) is 6.29 Å². The van der Waals surface area contributed by atoms with Crippen LogP contribution in [0.4, 0.5) is 5.82 Å². The molecule has 1 aliphatic rings. The summed E-state index contributed by atoms with van der Waals surface area (Å²) < 4.78 is -2.06. The number of aldehydes is 1. The van der Waals surface area contributed by atoms with Crippen molar-refractivity contribution < 1.29 is 9.90 Å². The fraction of sp³-hybridized carbons (Fsp3) is 0.400. The fourth-order valence-electron chi connectivity index (χ4n) is 1.82. The average Bonchev–Trinajstić information content (AvgIpc) is 2.68. The van der Waals surface area contributed by atoms with E-state index in [0.717, 1.165) is 5.01 Å². The van der Waals surface area contributed by atoms with Crippen LogP contribution in [0.15, 0.2) is 18.3 Å². The van der Waals surface area contributed by atoms with Crippen molar-refractivity contribution in [1.82, 2.24) is 10.4 Å². The van der Waals surface area contributed by atoms with E-state index in [1.807, 2.05) is 0 Å². The number of hydrazine groups is 1. The Labute approximate surface area is 129 Å². The third-order valence-electron chi connectivity index (χ3n) is 2.74. The largest absolute Gasteiger partial charge is 0.366 e. The quantitative estimate of drug-likeness (QED) is 0.635. The number of carbonyl (C=O) groups is 1. The number of alkyl halides is 3. The maximum absolute atomic E-state index is 10.9. The molecule has 1 aromatic heterocycles. The van der Waals surface area contributed by atoms with Crippen LogP contribution in [-0.2, 0) is 4.79 Å². The number of halogens is 4. The summed E-state index contributed by atoms with van der Waals surface area (Å²) >= 11 is 23.4. The van der Waals surface area contributed by atoms with E-state index in [9.17, 15) is 9.90 Å². The second-order valence-corrected chi connectivity index (χ2v) is 6.72. The van der Waals surface area contributed by atoms with E-state index >= 15 is 0 Å². The monoisotopic (exact) mass is 343 g/mol. The lowest BCUT2D eigenvalue weighted by molar-refractivity contribution is -0.109. The van der Waals surface area contributed by atoms with Gasteiger partial charge in [-0.3, -0.25) is 5.01 Å². The molecular weight excluding hydrogens is 336 g/mol. The van der Waals surface area contributed by atoms with Gasteiger partial charge in [-0.25, -0.2) is 10.4 Å². The van der Waals surface area contributed by atoms with Gasteiger partial charge in [-0.15, -0.1) is 0 Å². The highest BCUT2D eigenvalue weighted by atomic mass is 35.6. The summed E-state index contributed by atoms with van der Waals surface area (Å²) in [6.45, 7) is 0. The van der Waals surface area contributed by atoms with Crippen LogP contribution in [0.5, 0.6) is 0 Å². The number of aliphatic hydroxyl groups is 1. The first kappa shape index (κ1) is 15.1. The van der Waals surface area contributed by atoms with Crippen molar-refractivity contribution in [2.24, 2.45) is 0 Å². The van der Waals surface area contributed by atoms with Gasteiger partial charge in [-0.2, -0.15) is 0 Å². The van der Waals surface area contributed by atoms with Gasteiger partial charge < -0.3 is 9.90 Å². The summed E-state index contributed by atoms with van der Waals surface area (Å²) in [5, 5.41) is 11.9. The van der Waals surface area contributed by atoms with Gasteiger partial charge in [-0.1, -0.05) is 46.4 Å². The Hall–Kier alpha value is -0.300. The molecule has 0 amide bonds. The number of rotatable bonds is 2. The number of pyridine rings is 1. The van der Waals surface area contributed by atoms with Gasteiger partial charge in [0, 0.05) is 12.6 Å². The topological polar surface area (TPSA) is 65.5 Å². The van der Waals surface area contributed by atoms with Crippen molar-refractivity contribution in [3.8, 4) is 0 Å². The smallest absolute Gasteiger partial charge is 0.239 e. The first-order valence-corrected chi connectivity index (χ1v) is 6.72. The highest BCUT2D eigenvalue weighted by Crippen LogP contribution is 2.47. The van der Waals surface area contributed by atoms with Gasteiger partial charge >= 0.3 is 0 Å². The lowest BCUT2D eigenvalue weighted by atomic mass is 10.1. The lowest BCUT2D eigenvalue weighted by Crippen LogP contribution is -2.57. The number of carbonyl (C=O) groups excluding carboxylic acids is 1. The van der Waals surface area contributed by atoms with Crippen LogP contribution in [0.2, 0.25) is 5.02 Å². The van der Waals surface area contributed by atoms with E-state index < -0.39 is 15.6 Å². The fourth-order valence-corrected chi connectivity index (χ4v) is 2.51. The minimum Gasteiger partial charge on any atom is -0.366 e. The minimum atomic E-state index is -2.06. The van der Waals surface area contributed by atoms with Gasteiger partial charge in [0.05, 0.1) is 11.1 Å². The Morgan fingerprint density at radius 1 is 1.58 bits per heavy atom. The van der Waals surface area contributed by atoms with Crippen molar-refractivity contribution >= 4 is 58.5 Å². The Morgan fingerprint density at radius 2 is 2.26 bits per heavy atom. The molecule has 2 rings (SSSR count). The van der Waals surface area contributed by atoms with Crippen molar-refractivity contribution in [3.63, 3.8) is 0 Å². The molecule has 2 heterocycles. The minimum absolute atomic E-state index is 0.111. The van der Waals surface area contributed by atoms with E-state index in [2.05, 4.69) is 10.4 Å². The molecule has 2 atom stereocenters. The molecule has 0 spiro atoms. The highest BCUT2D eigenvalue weighted by molar-refractivity contribution is 6.68. The van der Waals surface area contributed by atoms with Crippen LogP contribution in [0.3, 0.4) is 0 Å². The number of aromatic nitrogens is 1. The third kappa shape index (κ3) is 2.63. The van der Waals surface area contributed by atoms with Crippen molar-refractivity contribution in [1.29, 1.82) is 0 Å². The first-order valence-electron chi connectivity index (χ1n) is 5.21. The van der Waals surface area contributed by atoms with E-state index in [1.165, 1.54) is 6.20 Å². The van der Waals surface area contributed by atoms with Crippen molar-refractivity contribution in [2.45, 2.75) is 22.0 Å². The zero-order chi connectivity index (χ0) is 14.3. The Morgan fingerprint density at radius 3 is 2.79 bits per heavy atom. The second kappa shape index (κ2) is 5.24. The van der Waals surface area contributed by atoms with Crippen LogP contribution in [0.25, 0.3) is 0 Å². The maximum Gasteiger partial charge on any atom is 0.239 e. The molecule has 1 fully saturated rings. The highest BCUT2D eigenvalue weighted by Gasteiger charge is 2.58. The van der Waals surface area contributed by atoms with Crippen molar-refractivity contribution in [3.05, 3.63) is 23.4 Å². The number of nitrogens with zero attached hydrogens (tertiary/aromatic N) is 2. The number of anilines is 1. The Kier molecular flexibility index (Phi) is 4.16. The number of hydrogen-bond donors (Lipinski definition) is 2. The summed E-state index contributed by atoms with van der Waals surface area (Å²) in [7, 11) is 0. The Bertz CT molecular complexity index is 496. The molecular formula is C10H9Cl4N3O2. The maximum atomic E-state index is 10.9. The zero-order valence-corrected chi connectivity index (χ0v) is 12.4. The van der Waals surface area contributed by atoms with Crippen LogP contribution in [0.1, 0.15) is 6.42 Å².